The van der Waals surface area contributed by atoms with E-state index in [4.69, 9.17) is 0 Å². The lowest BCUT2D eigenvalue weighted by Crippen LogP contribution is -2.11. The van der Waals surface area contributed by atoms with Gasteiger partial charge in [-0.15, -0.1) is 5.10 Å². The van der Waals surface area contributed by atoms with Gasteiger partial charge in [0.05, 0.1) is 5.52 Å². The standard InChI is InChI=1S/C13H13N5/c1-14-9-10-5-4-8-15-13(10)18-12-7-3-2-6-11(12)16-17-18/h2-8,14H,9H2,1H3. The molecule has 0 radical (unpaired) electrons. The fourth-order valence-corrected chi connectivity index (χ4v) is 1.97. The number of fused-ring (bicyclic) bond motifs is 1. The van der Waals surface area contributed by atoms with Crippen LogP contribution in [0.1, 0.15) is 5.56 Å². The monoisotopic (exact) mass is 239 g/mol. The Hall–Kier alpha value is -2.27. The molecule has 0 bridgehead atoms. The molecule has 90 valence electrons. The van der Waals surface area contributed by atoms with Gasteiger partial charge in [0.2, 0.25) is 0 Å². The predicted molar refractivity (Wildman–Crippen MR) is 69.4 cm³/mol. The summed E-state index contributed by atoms with van der Waals surface area (Å²) < 4.78 is 1.78. The summed E-state index contributed by atoms with van der Waals surface area (Å²) in [7, 11) is 1.91. The molecule has 0 amide bonds. The van der Waals surface area contributed by atoms with Gasteiger partial charge in [-0.2, -0.15) is 4.68 Å². The molecule has 0 aliphatic rings. The number of hydrogen-bond donors (Lipinski definition) is 1. The molecule has 3 aromatic rings. The molecule has 1 aromatic carbocycles. The minimum absolute atomic E-state index is 0.747. The molecule has 18 heavy (non-hydrogen) atoms. The van der Waals surface area contributed by atoms with E-state index in [1.54, 1.807) is 10.9 Å². The van der Waals surface area contributed by atoms with Crippen molar-refractivity contribution in [2.24, 2.45) is 0 Å². The van der Waals surface area contributed by atoms with Gasteiger partial charge in [-0.1, -0.05) is 23.4 Å². The third kappa shape index (κ3) is 1.74. The first-order valence-electron chi connectivity index (χ1n) is 5.79. The summed E-state index contributed by atoms with van der Waals surface area (Å²) >= 11 is 0. The molecule has 0 aliphatic carbocycles. The summed E-state index contributed by atoms with van der Waals surface area (Å²) in [6.45, 7) is 0.747. The van der Waals surface area contributed by atoms with Crippen molar-refractivity contribution < 1.29 is 0 Å². The molecule has 0 atom stereocenters. The van der Waals surface area contributed by atoms with E-state index in [1.807, 2.05) is 43.4 Å². The van der Waals surface area contributed by atoms with Crippen molar-refractivity contribution in [2.75, 3.05) is 7.05 Å². The number of nitrogens with one attached hydrogen (secondary N) is 1. The topological polar surface area (TPSA) is 55.6 Å². The Morgan fingerprint density at radius 1 is 1.17 bits per heavy atom. The van der Waals surface area contributed by atoms with E-state index >= 15 is 0 Å². The van der Waals surface area contributed by atoms with Gasteiger partial charge in [-0.25, -0.2) is 4.98 Å². The second kappa shape index (κ2) is 4.54. The summed E-state index contributed by atoms with van der Waals surface area (Å²) in [6.07, 6.45) is 1.77. The van der Waals surface area contributed by atoms with Crippen LogP contribution in [-0.4, -0.2) is 27.0 Å². The Morgan fingerprint density at radius 3 is 2.94 bits per heavy atom. The van der Waals surface area contributed by atoms with Gasteiger partial charge in [-0.05, 0) is 25.2 Å². The Morgan fingerprint density at radius 2 is 2.06 bits per heavy atom. The lowest BCUT2D eigenvalue weighted by atomic mass is 10.2. The highest BCUT2D eigenvalue weighted by molar-refractivity contribution is 5.75. The molecule has 1 N–H and O–H groups in total. The third-order valence-corrected chi connectivity index (χ3v) is 2.79. The number of para-hydroxylation sites is 1. The van der Waals surface area contributed by atoms with Crippen LogP contribution in [0.4, 0.5) is 0 Å². The summed E-state index contributed by atoms with van der Waals surface area (Å²) in [6, 6.07) is 11.8. The number of pyridine rings is 1. The third-order valence-electron chi connectivity index (χ3n) is 2.79. The van der Waals surface area contributed by atoms with E-state index in [1.165, 1.54) is 0 Å². The van der Waals surface area contributed by atoms with Crippen molar-refractivity contribution in [1.82, 2.24) is 25.3 Å². The zero-order chi connectivity index (χ0) is 12.4. The molecule has 0 spiro atoms. The van der Waals surface area contributed by atoms with Crippen LogP contribution in [0, 0.1) is 0 Å². The maximum atomic E-state index is 4.41. The van der Waals surface area contributed by atoms with E-state index in [0.717, 1.165) is 29.0 Å². The van der Waals surface area contributed by atoms with Crippen molar-refractivity contribution in [3.05, 3.63) is 48.2 Å². The molecular weight excluding hydrogens is 226 g/mol. The van der Waals surface area contributed by atoms with Gasteiger partial charge in [0.15, 0.2) is 5.82 Å². The van der Waals surface area contributed by atoms with Crippen LogP contribution in [0.15, 0.2) is 42.6 Å². The minimum atomic E-state index is 0.747. The van der Waals surface area contributed by atoms with Crippen LogP contribution >= 0.6 is 0 Å². The molecule has 0 saturated heterocycles. The fourth-order valence-electron chi connectivity index (χ4n) is 1.97. The Labute approximate surface area is 104 Å². The summed E-state index contributed by atoms with van der Waals surface area (Å²) in [5, 5.41) is 11.5. The predicted octanol–water partition coefficient (Wildman–Crippen LogP) is 1.53. The highest BCUT2D eigenvalue weighted by atomic mass is 15.4. The van der Waals surface area contributed by atoms with Crippen molar-refractivity contribution in [3.8, 4) is 5.82 Å². The molecule has 5 nitrogen and oxygen atoms in total. The second-order valence-electron chi connectivity index (χ2n) is 4.01. The first-order chi connectivity index (χ1) is 8.90. The van der Waals surface area contributed by atoms with Crippen LogP contribution in [-0.2, 0) is 6.54 Å². The molecular formula is C13H13N5. The maximum Gasteiger partial charge on any atom is 0.160 e. The highest BCUT2D eigenvalue weighted by Crippen LogP contribution is 2.17. The maximum absolute atomic E-state index is 4.41. The van der Waals surface area contributed by atoms with Crippen LogP contribution in [0.3, 0.4) is 0 Å². The van der Waals surface area contributed by atoms with Crippen molar-refractivity contribution >= 4 is 11.0 Å². The first kappa shape index (κ1) is 10.9. The van der Waals surface area contributed by atoms with Crippen molar-refractivity contribution in [2.45, 2.75) is 6.54 Å². The normalized spacial score (nSPS) is 10.9. The SMILES string of the molecule is CNCc1cccnc1-n1nnc2ccccc21. The zero-order valence-corrected chi connectivity index (χ0v) is 10.0. The van der Waals surface area contributed by atoms with Crippen molar-refractivity contribution in [1.29, 1.82) is 0 Å². The Balaban J connectivity index is 2.20. The number of aromatic nitrogens is 4. The lowest BCUT2D eigenvalue weighted by Gasteiger charge is -2.07. The van der Waals surface area contributed by atoms with E-state index in [2.05, 4.69) is 20.6 Å². The van der Waals surface area contributed by atoms with Gasteiger partial charge in [-0.3, -0.25) is 0 Å². The average Bonchev–Trinajstić information content (AvgIpc) is 2.84. The summed E-state index contributed by atoms with van der Waals surface area (Å²) in [5.74, 6) is 0.820. The average molecular weight is 239 g/mol. The molecule has 0 saturated carbocycles. The van der Waals surface area contributed by atoms with Gasteiger partial charge in [0.25, 0.3) is 0 Å². The largest absolute Gasteiger partial charge is 0.316 e. The minimum Gasteiger partial charge on any atom is -0.316 e. The molecule has 3 rings (SSSR count). The number of nitrogens with zero attached hydrogens (tertiary/aromatic N) is 4. The van der Waals surface area contributed by atoms with Gasteiger partial charge in [0, 0.05) is 18.3 Å². The zero-order valence-electron chi connectivity index (χ0n) is 10.0. The molecule has 0 fully saturated rings. The van der Waals surface area contributed by atoms with Crippen LogP contribution in [0.5, 0.6) is 0 Å². The molecule has 2 aromatic heterocycles. The van der Waals surface area contributed by atoms with E-state index < -0.39 is 0 Å². The molecule has 0 unspecified atom stereocenters. The fraction of sp³-hybridized carbons (Fsp3) is 0.154. The summed E-state index contributed by atoms with van der Waals surface area (Å²) in [4.78, 5) is 4.41. The van der Waals surface area contributed by atoms with E-state index in [-0.39, 0.29) is 0 Å². The van der Waals surface area contributed by atoms with Crippen LogP contribution in [0.25, 0.3) is 16.9 Å². The summed E-state index contributed by atoms with van der Waals surface area (Å²) in [5.41, 5.74) is 2.93. The molecule has 2 heterocycles. The van der Waals surface area contributed by atoms with Crippen LogP contribution < -0.4 is 5.32 Å². The molecule has 0 aliphatic heterocycles. The first-order valence-corrected chi connectivity index (χ1v) is 5.79. The lowest BCUT2D eigenvalue weighted by molar-refractivity contribution is 0.756. The Kier molecular flexibility index (Phi) is 2.74. The molecule has 5 heteroatoms. The quantitative estimate of drug-likeness (QED) is 0.753. The number of hydrogen-bond acceptors (Lipinski definition) is 4. The smallest absolute Gasteiger partial charge is 0.160 e. The van der Waals surface area contributed by atoms with Crippen LogP contribution in [0.2, 0.25) is 0 Å². The number of rotatable bonds is 3. The second-order valence-corrected chi connectivity index (χ2v) is 4.01. The van der Waals surface area contributed by atoms with Gasteiger partial charge < -0.3 is 5.32 Å². The van der Waals surface area contributed by atoms with E-state index in [9.17, 15) is 0 Å². The Bertz CT molecular complexity index is 674. The highest BCUT2D eigenvalue weighted by Gasteiger charge is 2.10. The van der Waals surface area contributed by atoms with Gasteiger partial charge in [0.1, 0.15) is 5.52 Å². The van der Waals surface area contributed by atoms with Crippen molar-refractivity contribution in [3.63, 3.8) is 0 Å². The van der Waals surface area contributed by atoms with Gasteiger partial charge >= 0.3 is 0 Å². The van der Waals surface area contributed by atoms with E-state index in [0.29, 0.717) is 0 Å². The number of benzene rings is 1.